The van der Waals surface area contributed by atoms with Gasteiger partial charge in [0.05, 0.1) is 13.2 Å². The molecule has 0 amide bonds. The van der Waals surface area contributed by atoms with Crippen LogP contribution in [-0.4, -0.2) is 220 Å². The molecule has 8 fully saturated rings. The van der Waals surface area contributed by atoms with Gasteiger partial charge in [0.15, 0.2) is 0 Å². The summed E-state index contributed by atoms with van der Waals surface area (Å²) in [7, 11) is 1.81. The number of methoxy groups -OCH3 is 1. The lowest BCUT2D eigenvalue weighted by molar-refractivity contribution is -0.137. The van der Waals surface area contributed by atoms with Gasteiger partial charge in [0.25, 0.3) is 0 Å². The van der Waals surface area contributed by atoms with Gasteiger partial charge in [-0.3, -0.25) is 39.2 Å². The van der Waals surface area contributed by atoms with Crippen LogP contribution in [0.15, 0.2) is 0 Å². The summed E-state index contributed by atoms with van der Waals surface area (Å²) < 4.78 is 46.7. The van der Waals surface area contributed by atoms with E-state index in [0.29, 0.717) is 54.6 Å². The van der Waals surface area contributed by atoms with Crippen LogP contribution in [0, 0.1) is 76.9 Å². The van der Waals surface area contributed by atoms with Gasteiger partial charge in [0.1, 0.15) is 6.17 Å². The first-order chi connectivity index (χ1) is 47.7. The lowest BCUT2D eigenvalue weighted by Crippen LogP contribution is -2.43. The molecule has 13 heteroatoms. The van der Waals surface area contributed by atoms with E-state index in [1.54, 1.807) is 0 Å². The molecule has 0 aromatic rings. The number of ether oxygens (including phenoxy) is 2. The predicted molar refractivity (Wildman–Crippen MR) is 447 cm³/mol. The van der Waals surface area contributed by atoms with Crippen molar-refractivity contribution in [3.8, 4) is 0 Å². The maximum absolute atomic E-state index is 13.1. The molecule has 0 aliphatic carbocycles. The average Bonchev–Trinajstić information content (AvgIpc) is 1.67. The highest BCUT2D eigenvalue weighted by Crippen LogP contribution is 2.38. The summed E-state index contributed by atoms with van der Waals surface area (Å²) in [5, 5.41) is 0. The number of hydrogen-bond acceptors (Lipinski definition) is 10. The van der Waals surface area contributed by atoms with Gasteiger partial charge in [-0.2, -0.15) is 8.78 Å². The fraction of sp³-hybridized carbons (Fsp3) is 1.00. The largest absolute Gasteiger partial charge is 0.384 e. The fourth-order valence-electron chi connectivity index (χ4n) is 19.7. The number of nitrogens with zero attached hydrogens (tertiary/aromatic N) is 8. The number of alkyl halides is 3. The summed E-state index contributed by atoms with van der Waals surface area (Å²) in [6, 6.07) is 12.7. The Bertz CT molecular complexity index is 1970. The van der Waals surface area contributed by atoms with Crippen LogP contribution in [-0.2, 0) is 9.47 Å². The van der Waals surface area contributed by atoms with Crippen molar-refractivity contribution < 1.29 is 22.6 Å². The Balaban J connectivity index is 0.000000590. The molecule has 10 nitrogen and oxygen atoms in total. The second-order valence-corrected chi connectivity index (χ2v) is 39.3. The van der Waals surface area contributed by atoms with Gasteiger partial charge in [0.2, 0.25) is 0 Å². The molecule has 8 saturated heterocycles. The molecule has 0 aromatic heterocycles. The van der Waals surface area contributed by atoms with Crippen LogP contribution in [0.1, 0.15) is 327 Å². The topological polar surface area (TPSA) is 44.4 Å². The van der Waals surface area contributed by atoms with Gasteiger partial charge < -0.3 is 9.47 Å². The third kappa shape index (κ3) is 33.7. The van der Waals surface area contributed by atoms with Crippen LogP contribution in [0.25, 0.3) is 0 Å². The quantitative estimate of drug-likeness (QED) is 0.105. The lowest BCUT2D eigenvalue weighted by Gasteiger charge is -2.34. The molecule has 0 bridgehead atoms. The summed E-state index contributed by atoms with van der Waals surface area (Å²) in [4.78, 5) is 20.7. The molecular weight excluding hydrogens is 1280 g/mol. The number of likely N-dealkylation sites (tertiary alicyclic amines) is 8. The number of halogens is 3. The Morgan fingerprint density at radius 2 is 0.689 bits per heavy atom. The van der Waals surface area contributed by atoms with Crippen molar-refractivity contribution >= 4 is 0 Å². The second kappa shape index (κ2) is 49.7. The zero-order valence-corrected chi connectivity index (χ0v) is 76.0. The molecule has 0 spiro atoms. The van der Waals surface area contributed by atoms with Gasteiger partial charge in [-0.15, -0.1) is 0 Å². The molecule has 8 heterocycles. The minimum Gasteiger partial charge on any atom is -0.384 e. The highest BCUT2D eigenvalue weighted by molar-refractivity contribution is 4.96. The predicted octanol–water partition coefficient (Wildman–Crippen LogP) is 22.3. The molecule has 8 unspecified atom stereocenters. The standard InChI is InChI=1S/C12H23F2NO.C12H25NO.2C12H25N.2C11H23N.C10H20FN.C10H21N/c1-8(2)11-5-10(7-16-12(13)14)6-15(11)9(3)4;1-9(2)12-6-11(8-14-5)7-13(12)10(3)4;1-8(2)12-7-10(5)11(6)13(12)9(3)4;1-6-11-7-12(9(2)3)13(8-11)10(4)5;1-8(2)11-6-10(5)7-12(11)9(3)4;1-8(2)11-7-6-10(5)12(11)9(3)4;1-7(2)10-5-9(11)6-12(10)8(3)4;1-8(2)10-6-5-7-11(10)9(3)4/h8-12H,5-7H2,1-4H3;9-12H,6-8H2,1-5H3;8-12H,7H2,1-6H3;9-12H,6-8H2,1-5H3;2*8-11H,6-7H2,1-5H3;7-10H,5-6H2,1-4H3;8-10H,5-7H2,1-4H3/t10?,11-;11?,12-;10?,11?,12-;11?,12-;2*10?,11-;9?,10-;10-/m00000000/s1. The van der Waals surface area contributed by atoms with Gasteiger partial charge in [-0.1, -0.05) is 138 Å². The van der Waals surface area contributed by atoms with Crippen molar-refractivity contribution in [1.29, 1.82) is 0 Å². The summed E-state index contributed by atoms with van der Waals surface area (Å²) in [5.41, 5.74) is 0. The molecule has 0 N–H and O–H groups in total. The maximum Gasteiger partial charge on any atom is 0.345 e. The highest BCUT2D eigenvalue weighted by atomic mass is 19.3. The summed E-state index contributed by atoms with van der Waals surface area (Å²) in [6.45, 7) is 90.3. The van der Waals surface area contributed by atoms with Crippen molar-refractivity contribution in [1.82, 2.24) is 39.2 Å². The van der Waals surface area contributed by atoms with E-state index in [1.165, 1.54) is 84.0 Å². The Hall–Kier alpha value is -0.610. The van der Waals surface area contributed by atoms with Crippen LogP contribution in [0.2, 0.25) is 0 Å². The Kier molecular flexibility index (Phi) is 48.4. The van der Waals surface area contributed by atoms with Crippen molar-refractivity contribution in [2.24, 2.45) is 76.9 Å². The van der Waals surface area contributed by atoms with Crippen molar-refractivity contribution in [3.63, 3.8) is 0 Å². The molecule has 0 aromatic carbocycles. The van der Waals surface area contributed by atoms with Gasteiger partial charge in [-0.05, 0) is 272 Å². The van der Waals surface area contributed by atoms with Crippen molar-refractivity contribution in [2.45, 2.75) is 448 Å². The Labute approximate surface area is 643 Å². The van der Waals surface area contributed by atoms with Crippen LogP contribution in [0.5, 0.6) is 0 Å². The molecule has 103 heavy (non-hydrogen) atoms. The van der Waals surface area contributed by atoms with Crippen molar-refractivity contribution in [2.75, 3.05) is 59.6 Å². The molecule has 8 aliphatic rings. The first-order valence-corrected chi connectivity index (χ1v) is 43.8. The molecule has 16 atom stereocenters. The SMILES string of the molecule is CC(C)[C@@H]1CC(COC(F)F)CN1C(C)C.CC(C)[C@@H]1CC(F)CN1C(C)C.CC(C)[C@@H]1CCC(C)N1C(C)C.CC(C)[C@@H]1CCCN1C(C)C.CC1C[C@@H](C(C)C)N(C(C)C)C1.CC1C[C@@H](C(C)C)N(C(C)C)C1C.CCC1C[C@@H](C(C)C)N(C(C)C)C1.COCC1C[C@@H](C(C)C)N(C(C)C)C1. The molecule has 0 radical (unpaired) electrons. The van der Waals surface area contributed by atoms with Crippen LogP contribution in [0.3, 0.4) is 0 Å². The zero-order valence-electron chi connectivity index (χ0n) is 76.0. The number of rotatable bonds is 22. The molecule has 618 valence electrons. The van der Waals surface area contributed by atoms with E-state index < -0.39 is 12.8 Å². The first kappa shape index (κ1) is 100. The van der Waals surface area contributed by atoms with E-state index in [9.17, 15) is 13.2 Å². The number of hydrogen-bond donors (Lipinski definition) is 0. The van der Waals surface area contributed by atoms with E-state index in [2.05, 4.69) is 300 Å². The van der Waals surface area contributed by atoms with Gasteiger partial charge in [0, 0.05) is 149 Å². The third-order valence-electron chi connectivity index (χ3n) is 25.5. The van der Waals surface area contributed by atoms with E-state index in [0.717, 1.165) is 158 Å². The smallest absolute Gasteiger partial charge is 0.345 e. The van der Waals surface area contributed by atoms with E-state index >= 15 is 0 Å². The highest BCUT2D eigenvalue weighted by Gasteiger charge is 2.42. The lowest BCUT2D eigenvalue weighted by atomic mass is 9.96. The second-order valence-electron chi connectivity index (χ2n) is 39.3. The van der Waals surface area contributed by atoms with Gasteiger partial charge >= 0.3 is 6.61 Å². The van der Waals surface area contributed by atoms with Crippen LogP contribution in [0.4, 0.5) is 13.2 Å². The van der Waals surface area contributed by atoms with Crippen molar-refractivity contribution in [3.05, 3.63) is 0 Å². The Morgan fingerprint density at radius 1 is 0.340 bits per heavy atom. The first-order valence-electron chi connectivity index (χ1n) is 43.8. The zero-order chi connectivity index (χ0) is 79.5. The monoisotopic (exact) mass is 1470 g/mol. The third-order valence-corrected chi connectivity index (χ3v) is 25.5. The summed E-state index contributed by atoms with van der Waals surface area (Å²) >= 11 is 0. The van der Waals surface area contributed by atoms with E-state index in [-0.39, 0.29) is 12.5 Å². The summed E-state index contributed by atoms with van der Waals surface area (Å²) in [6.07, 6.45) is 13.6. The van der Waals surface area contributed by atoms with Crippen LogP contribution < -0.4 is 0 Å². The Morgan fingerprint density at radius 3 is 0.990 bits per heavy atom. The van der Waals surface area contributed by atoms with Crippen LogP contribution >= 0.6 is 0 Å². The fourth-order valence-corrected chi connectivity index (χ4v) is 19.7. The summed E-state index contributed by atoms with van der Waals surface area (Å²) in [5.74, 6) is 9.72. The minimum atomic E-state index is -2.63. The molecule has 0 saturated carbocycles. The molecule has 8 rings (SSSR count). The van der Waals surface area contributed by atoms with Gasteiger partial charge in [-0.25, -0.2) is 4.39 Å². The van der Waals surface area contributed by atoms with E-state index in [4.69, 9.17) is 4.74 Å². The molecule has 8 aliphatic heterocycles. The normalized spacial score (nSPS) is 30.9. The maximum atomic E-state index is 13.1. The molecular formula is C90H185F3N8O2. The average molecular weight is 1470 g/mol. The van der Waals surface area contributed by atoms with E-state index in [1.807, 2.05) is 7.11 Å². The minimum absolute atomic E-state index is 0.185.